The Morgan fingerprint density at radius 3 is 3.05 bits per heavy atom. The summed E-state index contributed by atoms with van der Waals surface area (Å²) in [5.74, 6) is -1.00. The highest BCUT2D eigenvalue weighted by molar-refractivity contribution is 6.32. The van der Waals surface area contributed by atoms with E-state index in [9.17, 15) is 9.59 Å². The molecule has 1 aliphatic rings. The van der Waals surface area contributed by atoms with Crippen LogP contribution in [0.25, 0.3) is 0 Å². The smallest absolute Gasteiger partial charge is 0.397 e. The summed E-state index contributed by atoms with van der Waals surface area (Å²) in [4.78, 5) is 24.7. The van der Waals surface area contributed by atoms with Crippen LogP contribution < -0.4 is 4.74 Å². The van der Waals surface area contributed by atoms with Gasteiger partial charge < -0.3 is 14.4 Å². The van der Waals surface area contributed by atoms with Crippen LogP contribution >= 0.6 is 0 Å². The number of rotatable bonds is 3. The molecule has 1 atom stereocenters. The van der Waals surface area contributed by atoms with Crippen molar-refractivity contribution in [1.29, 1.82) is 0 Å². The lowest BCUT2D eigenvalue weighted by Gasteiger charge is -2.31. The summed E-state index contributed by atoms with van der Waals surface area (Å²) in [5.41, 5.74) is 0. The molecule has 0 saturated carbocycles. The Balaban J connectivity index is 1.91. The van der Waals surface area contributed by atoms with E-state index in [-0.39, 0.29) is 12.7 Å². The van der Waals surface area contributed by atoms with Gasteiger partial charge in [0, 0.05) is 18.8 Å². The number of likely N-dealkylation sites (tertiary alicyclic amines) is 1. The van der Waals surface area contributed by atoms with Gasteiger partial charge in [-0.05, 0) is 25.8 Å². The molecular weight excluding hydrogens is 262 g/mol. The molecule has 20 heavy (non-hydrogen) atoms. The lowest BCUT2D eigenvalue weighted by Crippen LogP contribution is -2.47. The minimum Gasteiger partial charge on any atom is -0.471 e. The molecule has 0 bridgehead atoms. The average molecular weight is 279 g/mol. The highest BCUT2D eigenvalue weighted by Gasteiger charge is 2.29. The molecule has 1 amide bonds. The van der Waals surface area contributed by atoms with Crippen molar-refractivity contribution < 1.29 is 19.1 Å². The fraction of sp³-hybridized carbons (Fsp3) is 0.538. The van der Waals surface area contributed by atoms with E-state index in [0.29, 0.717) is 19.0 Å². The van der Waals surface area contributed by atoms with Crippen molar-refractivity contribution in [3.05, 3.63) is 18.3 Å². The van der Waals surface area contributed by atoms with Crippen LogP contribution in [-0.4, -0.2) is 52.8 Å². The Bertz CT molecular complexity index is 466. The molecule has 1 aliphatic heterocycles. The van der Waals surface area contributed by atoms with Gasteiger partial charge >= 0.3 is 11.9 Å². The van der Waals surface area contributed by atoms with Gasteiger partial charge in [0.25, 0.3) is 0 Å². The summed E-state index contributed by atoms with van der Waals surface area (Å²) in [6.07, 6.45) is 2.96. The number of nitrogens with zero attached hydrogens (tertiary/aromatic N) is 3. The van der Waals surface area contributed by atoms with Crippen molar-refractivity contribution in [2.75, 3.05) is 19.7 Å². The van der Waals surface area contributed by atoms with E-state index in [1.165, 1.54) is 4.90 Å². The molecule has 0 aliphatic carbocycles. The number of amides is 1. The van der Waals surface area contributed by atoms with Crippen LogP contribution in [0.3, 0.4) is 0 Å². The Kier molecular flexibility index (Phi) is 4.86. The first-order chi connectivity index (χ1) is 9.70. The maximum atomic E-state index is 11.9. The molecule has 1 saturated heterocycles. The minimum atomic E-state index is -0.812. The van der Waals surface area contributed by atoms with Gasteiger partial charge in [0.05, 0.1) is 13.2 Å². The molecule has 1 unspecified atom stereocenters. The summed E-state index contributed by atoms with van der Waals surface area (Å²) in [6, 6.07) is 3.44. The van der Waals surface area contributed by atoms with Crippen molar-refractivity contribution >= 4 is 11.9 Å². The van der Waals surface area contributed by atoms with Gasteiger partial charge in [0.2, 0.25) is 5.88 Å². The number of carbonyl (C=O) groups excluding carboxylic acids is 2. The van der Waals surface area contributed by atoms with Crippen LogP contribution in [0.1, 0.15) is 19.8 Å². The van der Waals surface area contributed by atoms with E-state index in [1.54, 1.807) is 25.3 Å². The number of carbonyl (C=O) groups is 2. The molecule has 0 aromatic carbocycles. The number of aromatic nitrogens is 2. The van der Waals surface area contributed by atoms with Crippen molar-refractivity contribution in [2.24, 2.45) is 0 Å². The third kappa shape index (κ3) is 3.66. The van der Waals surface area contributed by atoms with E-state index in [1.807, 2.05) is 0 Å². The molecule has 0 radical (unpaired) electrons. The van der Waals surface area contributed by atoms with Crippen molar-refractivity contribution in [3.8, 4) is 5.88 Å². The third-order valence-corrected chi connectivity index (χ3v) is 2.95. The van der Waals surface area contributed by atoms with Gasteiger partial charge in [0.1, 0.15) is 6.10 Å². The van der Waals surface area contributed by atoms with Gasteiger partial charge in [0.15, 0.2) is 0 Å². The molecule has 7 heteroatoms. The van der Waals surface area contributed by atoms with Crippen molar-refractivity contribution in [2.45, 2.75) is 25.9 Å². The maximum Gasteiger partial charge on any atom is 0.397 e. The standard InChI is InChI=1S/C13H17N3O4/c1-2-19-13(18)12(17)16-8-4-5-10(9-16)20-11-6-3-7-14-15-11/h3,6-7,10H,2,4-5,8-9H2,1H3. The number of hydrogen-bond acceptors (Lipinski definition) is 6. The molecule has 1 aromatic rings. The third-order valence-electron chi connectivity index (χ3n) is 2.95. The van der Waals surface area contributed by atoms with Crippen LogP contribution in [0, 0.1) is 0 Å². The highest BCUT2D eigenvalue weighted by Crippen LogP contribution is 2.16. The lowest BCUT2D eigenvalue weighted by molar-refractivity contribution is -0.161. The molecule has 2 heterocycles. The zero-order valence-electron chi connectivity index (χ0n) is 11.3. The van der Waals surface area contributed by atoms with Gasteiger partial charge in [-0.25, -0.2) is 4.79 Å². The van der Waals surface area contributed by atoms with Gasteiger partial charge in [-0.1, -0.05) is 0 Å². The summed E-state index contributed by atoms with van der Waals surface area (Å²) >= 11 is 0. The molecule has 108 valence electrons. The van der Waals surface area contributed by atoms with Gasteiger partial charge in [-0.3, -0.25) is 4.79 Å². The number of ether oxygens (including phenoxy) is 2. The maximum absolute atomic E-state index is 11.9. The first-order valence-corrected chi connectivity index (χ1v) is 6.61. The molecule has 1 fully saturated rings. The Morgan fingerprint density at radius 1 is 1.50 bits per heavy atom. The second kappa shape index (κ2) is 6.83. The summed E-state index contributed by atoms with van der Waals surface area (Å²) in [5, 5.41) is 7.57. The Morgan fingerprint density at radius 2 is 2.35 bits per heavy atom. The predicted octanol–water partition coefficient (Wildman–Crippen LogP) is 0.409. The van der Waals surface area contributed by atoms with Crippen LogP contribution in [0.5, 0.6) is 5.88 Å². The summed E-state index contributed by atoms with van der Waals surface area (Å²) in [6.45, 7) is 2.76. The molecule has 7 nitrogen and oxygen atoms in total. The van der Waals surface area contributed by atoms with Crippen LogP contribution in [0.4, 0.5) is 0 Å². The lowest BCUT2D eigenvalue weighted by atomic mass is 10.1. The van der Waals surface area contributed by atoms with E-state index in [4.69, 9.17) is 9.47 Å². The zero-order valence-corrected chi connectivity index (χ0v) is 11.3. The van der Waals surface area contributed by atoms with Crippen LogP contribution in [-0.2, 0) is 14.3 Å². The van der Waals surface area contributed by atoms with E-state index in [0.717, 1.165) is 12.8 Å². The SMILES string of the molecule is CCOC(=O)C(=O)N1CCCC(Oc2cccnn2)C1. The van der Waals surface area contributed by atoms with Gasteiger partial charge in [-0.15, -0.1) is 5.10 Å². The summed E-state index contributed by atoms with van der Waals surface area (Å²) in [7, 11) is 0. The Labute approximate surface area is 116 Å². The second-order valence-corrected chi connectivity index (χ2v) is 4.42. The zero-order chi connectivity index (χ0) is 14.4. The quantitative estimate of drug-likeness (QED) is 0.589. The Hall–Kier alpha value is -2.18. The minimum absolute atomic E-state index is 0.182. The second-order valence-electron chi connectivity index (χ2n) is 4.42. The van der Waals surface area contributed by atoms with Crippen molar-refractivity contribution in [1.82, 2.24) is 15.1 Å². The molecule has 2 rings (SSSR count). The van der Waals surface area contributed by atoms with E-state index in [2.05, 4.69) is 10.2 Å². The normalized spacial score (nSPS) is 18.4. The molecule has 0 spiro atoms. The predicted molar refractivity (Wildman–Crippen MR) is 68.9 cm³/mol. The number of esters is 1. The number of hydrogen-bond donors (Lipinski definition) is 0. The first-order valence-electron chi connectivity index (χ1n) is 6.61. The topological polar surface area (TPSA) is 81.6 Å². The van der Waals surface area contributed by atoms with Crippen LogP contribution in [0.2, 0.25) is 0 Å². The molecular formula is C13H17N3O4. The first kappa shape index (κ1) is 14.2. The highest BCUT2D eigenvalue weighted by atomic mass is 16.5. The summed E-state index contributed by atoms with van der Waals surface area (Å²) < 4.78 is 10.4. The fourth-order valence-corrected chi connectivity index (χ4v) is 2.06. The monoisotopic (exact) mass is 279 g/mol. The van der Waals surface area contributed by atoms with E-state index < -0.39 is 11.9 Å². The molecule has 0 N–H and O–H groups in total. The molecule has 1 aromatic heterocycles. The average Bonchev–Trinajstić information content (AvgIpc) is 2.48. The van der Waals surface area contributed by atoms with E-state index >= 15 is 0 Å². The largest absolute Gasteiger partial charge is 0.471 e. The fourth-order valence-electron chi connectivity index (χ4n) is 2.06. The van der Waals surface area contributed by atoms with Gasteiger partial charge in [-0.2, -0.15) is 5.10 Å². The van der Waals surface area contributed by atoms with Crippen molar-refractivity contribution in [3.63, 3.8) is 0 Å². The van der Waals surface area contributed by atoms with Crippen LogP contribution in [0.15, 0.2) is 18.3 Å². The number of piperidine rings is 1.